The van der Waals surface area contributed by atoms with Gasteiger partial charge in [-0.2, -0.15) is 0 Å². The molecular formula is C27H30N2O4. The molecule has 3 aromatic rings. The molecule has 0 fully saturated rings. The van der Waals surface area contributed by atoms with E-state index >= 15 is 0 Å². The summed E-state index contributed by atoms with van der Waals surface area (Å²) in [7, 11) is 4.83. The van der Waals surface area contributed by atoms with Gasteiger partial charge in [0.25, 0.3) is 5.91 Å². The Morgan fingerprint density at radius 1 is 0.909 bits per heavy atom. The zero-order chi connectivity index (χ0) is 23.6. The fourth-order valence-corrected chi connectivity index (χ4v) is 3.44. The van der Waals surface area contributed by atoms with Crippen molar-refractivity contribution in [2.75, 3.05) is 38.1 Å². The van der Waals surface area contributed by atoms with Crippen LogP contribution in [-0.4, -0.2) is 39.8 Å². The number of carbonyl (C=O) groups is 1. The second-order valence-corrected chi connectivity index (χ2v) is 7.24. The van der Waals surface area contributed by atoms with Gasteiger partial charge < -0.3 is 24.4 Å². The van der Waals surface area contributed by atoms with Gasteiger partial charge in [0.15, 0.2) is 0 Å². The second kappa shape index (κ2) is 11.6. The number of carbonyl (C=O) groups excluding carboxylic acids is 1. The number of ether oxygens (including phenoxy) is 3. The Bertz CT molecular complexity index is 1070. The van der Waals surface area contributed by atoms with Crippen LogP contribution in [0.2, 0.25) is 0 Å². The molecule has 0 spiro atoms. The minimum Gasteiger partial charge on any atom is -0.497 e. The van der Waals surface area contributed by atoms with Crippen LogP contribution in [-0.2, 0) is 4.79 Å². The summed E-state index contributed by atoms with van der Waals surface area (Å²) in [5.74, 6) is 1.97. The van der Waals surface area contributed by atoms with Gasteiger partial charge in [-0.25, -0.2) is 0 Å². The number of nitrogens with zero attached hydrogens (tertiary/aromatic N) is 1. The molecule has 0 radical (unpaired) electrons. The molecule has 0 saturated heterocycles. The monoisotopic (exact) mass is 446 g/mol. The molecular weight excluding hydrogens is 416 g/mol. The lowest BCUT2D eigenvalue weighted by atomic mass is 10.1. The lowest BCUT2D eigenvalue weighted by molar-refractivity contribution is -0.118. The van der Waals surface area contributed by atoms with Crippen molar-refractivity contribution in [2.45, 2.75) is 13.0 Å². The Hall–Kier alpha value is -3.93. The van der Waals surface area contributed by atoms with E-state index in [0.717, 1.165) is 17.0 Å². The minimum atomic E-state index is -0.630. The van der Waals surface area contributed by atoms with Crippen molar-refractivity contribution in [3.63, 3.8) is 0 Å². The quantitative estimate of drug-likeness (QED) is 0.460. The highest BCUT2D eigenvalue weighted by molar-refractivity contribution is 6.00. The van der Waals surface area contributed by atoms with Gasteiger partial charge in [0.05, 0.1) is 27.0 Å². The summed E-state index contributed by atoms with van der Waals surface area (Å²) in [5, 5.41) is 3.34. The van der Waals surface area contributed by atoms with Crippen LogP contribution in [0, 0.1) is 0 Å². The van der Waals surface area contributed by atoms with Gasteiger partial charge in [0.2, 0.25) is 0 Å². The molecule has 6 heteroatoms. The second-order valence-electron chi connectivity index (χ2n) is 7.24. The van der Waals surface area contributed by atoms with Gasteiger partial charge in [0, 0.05) is 18.3 Å². The average molecular weight is 447 g/mol. The van der Waals surface area contributed by atoms with Crippen LogP contribution >= 0.6 is 0 Å². The maximum absolute atomic E-state index is 13.7. The normalized spacial score (nSPS) is 11.6. The van der Waals surface area contributed by atoms with E-state index in [-0.39, 0.29) is 5.91 Å². The molecule has 1 amide bonds. The highest BCUT2D eigenvalue weighted by atomic mass is 16.5. The number of benzene rings is 3. The van der Waals surface area contributed by atoms with Gasteiger partial charge in [-0.15, -0.1) is 0 Å². The SMILES string of the molecule is CCN(C(=O)[C@H](/C=C/c1ccc(OC)cc1)Nc1ccc(OC)cc1OC)c1ccccc1. The van der Waals surface area contributed by atoms with E-state index in [0.29, 0.717) is 23.7 Å². The highest BCUT2D eigenvalue weighted by Crippen LogP contribution is 2.30. The number of likely N-dealkylation sites (N-methyl/N-ethyl adjacent to an activating group) is 1. The zero-order valence-electron chi connectivity index (χ0n) is 19.4. The van der Waals surface area contributed by atoms with Crippen molar-refractivity contribution in [2.24, 2.45) is 0 Å². The number of rotatable bonds is 10. The first-order valence-corrected chi connectivity index (χ1v) is 10.8. The van der Waals surface area contributed by atoms with Crippen molar-refractivity contribution in [3.05, 3.63) is 84.4 Å². The van der Waals surface area contributed by atoms with Crippen LogP contribution in [0.4, 0.5) is 11.4 Å². The van der Waals surface area contributed by atoms with E-state index in [9.17, 15) is 4.79 Å². The number of anilines is 2. The molecule has 33 heavy (non-hydrogen) atoms. The molecule has 0 aromatic heterocycles. The third-order valence-electron chi connectivity index (χ3n) is 5.23. The van der Waals surface area contributed by atoms with E-state index in [1.54, 1.807) is 32.3 Å². The van der Waals surface area contributed by atoms with Gasteiger partial charge in [-0.1, -0.05) is 42.5 Å². The Kier molecular flexibility index (Phi) is 8.36. The number of hydrogen-bond donors (Lipinski definition) is 1. The molecule has 0 bridgehead atoms. The first kappa shape index (κ1) is 23.7. The number of methoxy groups -OCH3 is 3. The Morgan fingerprint density at radius 3 is 2.18 bits per heavy atom. The first-order chi connectivity index (χ1) is 16.1. The van der Waals surface area contributed by atoms with Crippen molar-refractivity contribution >= 4 is 23.4 Å². The van der Waals surface area contributed by atoms with E-state index in [4.69, 9.17) is 14.2 Å². The molecule has 0 aliphatic heterocycles. The van der Waals surface area contributed by atoms with E-state index in [1.165, 1.54) is 0 Å². The number of hydrogen-bond acceptors (Lipinski definition) is 5. The zero-order valence-corrected chi connectivity index (χ0v) is 19.4. The molecule has 0 saturated carbocycles. The number of amides is 1. The maximum Gasteiger partial charge on any atom is 0.253 e. The van der Waals surface area contributed by atoms with Crippen LogP contribution in [0.1, 0.15) is 12.5 Å². The summed E-state index contributed by atoms with van der Waals surface area (Å²) in [6.45, 7) is 2.50. The molecule has 3 aromatic carbocycles. The minimum absolute atomic E-state index is 0.0775. The van der Waals surface area contributed by atoms with E-state index in [2.05, 4.69) is 5.32 Å². The summed E-state index contributed by atoms with van der Waals surface area (Å²) < 4.78 is 16.0. The van der Waals surface area contributed by atoms with Crippen molar-refractivity contribution in [1.82, 2.24) is 0 Å². The molecule has 0 aliphatic rings. The Labute approximate surface area is 195 Å². The lowest BCUT2D eigenvalue weighted by Gasteiger charge is -2.26. The summed E-state index contributed by atoms with van der Waals surface area (Å²) in [6, 6.07) is 22.1. The average Bonchev–Trinajstić information content (AvgIpc) is 2.87. The largest absolute Gasteiger partial charge is 0.497 e. The predicted octanol–water partition coefficient (Wildman–Crippen LogP) is 5.26. The van der Waals surface area contributed by atoms with E-state index < -0.39 is 6.04 Å². The van der Waals surface area contributed by atoms with Gasteiger partial charge in [0.1, 0.15) is 23.3 Å². The van der Waals surface area contributed by atoms with Gasteiger partial charge in [-0.3, -0.25) is 4.79 Å². The van der Waals surface area contributed by atoms with Crippen molar-refractivity contribution in [3.8, 4) is 17.2 Å². The molecule has 0 heterocycles. The number of para-hydroxylation sites is 1. The topological polar surface area (TPSA) is 60.0 Å². The Balaban J connectivity index is 1.94. The van der Waals surface area contributed by atoms with Crippen LogP contribution in [0.5, 0.6) is 17.2 Å². The smallest absolute Gasteiger partial charge is 0.253 e. The Morgan fingerprint density at radius 2 is 1.58 bits per heavy atom. The summed E-state index contributed by atoms with van der Waals surface area (Å²) >= 11 is 0. The molecule has 0 unspecified atom stereocenters. The predicted molar refractivity (Wildman–Crippen MR) is 133 cm³/mol. The fraction of sp³-hybridized carbons (Fsp3) is 0.222. The van der Waals surface area contributed by atoms with Gasteiger partial charge >= 0.3 is 0 Å². The fourth-order valence-electron chi connectivity index (χ4n) is 3.44. The van der Waals surface area contributed by atoms with E-state index in [1.807, 2.05) is 85.8 Å². The molecule has 1 atom stereocenters. The van der Waals surface area contributed by atoms with Crippen molar-refractivity contribution in [1.29, 1.82) is 0 Å². The molecule has 3 rings (SSSR count). The summed E-state index contributed by atoms with van der Waals surface area (Å²) in [5.41, 5.74) is 2.50. The van der Waals surface area contributed by atoms with Crippen molar-refractivity contribution < 1.29 is 19.0 Å². The third-order valence-corrected chi connectivity index (χ3v) is 5.23. The molecule has 6 nitrogen and oxygen atoms in total. The molecule has 172 valence electrons. The maximum atomic E-state index is 13.7. The van der Waals surface area contributed by atoms with Crippen LogP contribution in [0.3, 0.4) is 0 Å². The first-order valence-electron chi connectivity index (χ1n) is 10.8. The standard InChI is InChI=1S/C27H30N2O4/c1-5-29(21-9-7-6-8-10-21)27(30)25(17-13-20-11-14-22(31-2)15-12-20)28-24-18-16-23(32-3)19-26(24)33-4/h6-19,25,28H,5H2,1-4H3/b17-13+/t25-/m0/s1. The van der Waals surface area contributed by atoms with Crippen LogP contribution in [0.25, 0.3) is 6.08 Å². The summed E-state index contributed by atoms with van der Waals surface area (Å²) in [6.07, 6.45) is 3.78. The summed E-state index contributed by atoms with van der Waals surface area (Å²) in [4.78, 5) is 15.4. The molecule has 0 aliphatic carbocycles. The number of nitrogens with one attached hydrogen (secondary N) is 1. The third kappa shape index (κ3) is 6.07. The lowest BCUT2D eigenvalue weighted by Crippen LogP contribution is -2.42. The molecule has 1 N–H and O–H groups in total. The van der Waals surface area contributed by atoms with Crippen LogP contribution in [0.15, 0.2) is 78.9 Å². The van der Waals surface area contributed by atoms with Gasteiger partial charge in [-0.05, 0) is 48.9 Å². The highest BCUT2D eigenvalue weighted by Gasteiger charge is 2.23. The van der Waals surface area contributed by atoms with Crippen LogP contribution < -0.4 is 24.4 Å².